The molecule has 0 aromatic heterocycles. The van der Waals surface area contributed by atoms with E-state index in [0.717, 1.165) is 11.4 Å². The van der Waals surface area contributed by atoms with E-state index in [1.54, 1.807) is 30.2 Å². The zero-order valence-corrected chi connectivity index (χ0v) is 12.0. The number of anilines is 1. The maximum atomic E-state index is 12.0. The second-order valence-electron chi connectivity index (χ2n) is 4.75. The van der Waals surface area contributed by atoms with Gasteiger partial charge in [0.1, 0.15) is 5.75 Å². The van der Waals surface area contributed by atoms with E-state index in [0.29, 0.717) is 19.5 Å². The van der Waals surface area contributed by atoms with Crippen molar-refractivity contribution in [3.05, 3.63) is 36.9 Å². The molecule has 1 aromatic carbocycles. The standard InChI is InChI=1S/C15H19N3O3/c1-3-8-16-15(20)17-11-9-14(19)18(10-11)12-4-6-13(21-2)7-5-12/h3-7,11H,1,8-10H2,2H3,(H2,16,17,20). The normalized spacial score (nSPS) is 17.5. The number of hydrogen-bond acceptors (Lipinski definition) is 3. The number of ether oxygens (including phenoxy) is 1. The summed E-state index contributed by atoms with van der Waals surface area (Å²) in [5.41, 5.74) is 0.802. The van der Waals surface area contributed by atoms with Crippen molar-refractivity contribution in [1.29, 1.82) is 0 Å². The van der Waals surface area contributed by atoms with Crippen molar-refractivity contribution in [2.24, 2.45) is 0 Å². The van der Waals surface area contributed by atoms with Gasteiger partial charge in [-0.1, -0.05) is 6.08 Å². The van der Waals surface area contributed by atoms with Crippen LogP contribution in [0.2, 0.25) is 0 Å². The van der Waals surface area contributed by atoms with Gasteiger partial charge in [0, 0.05) is 25.2 Å². The van der Waals surface area contributed by atoms with Crippen molar-refractivity contribution in [3.63, 3.8) is 0 Å². The second-order valence-corrected chi connectivity index (χ2v) is 4.75. The van der Waals surface area contributed by atoms with E-state index < -0.39 is 0 Å². The van der Waals surface area contributed by atoms with Gasteiger partial charge in [-0.2, -0.15) is 0 Å². The van der Waals surface area contributed by atoms with Crippen LogP contribution in [0.3, 0.4) is 0 Å². The van der Waals surface area contributed by atoms with E-state index in [2.05, 4.69) is 17.2 Å². The van der Waals surface area contributed by atoms with Gasteiger partial charge in [-0.3, -0.25) is 4.79 Å². The van der Waals surface area contributed by atoms with Crippen molar-refractivity contribution in [2.45, 2.75) is 12.5 Å². The monoisotopic (exact) mass is 289 g/mol. The van der Waals surface area contributed by atoms with Crippen molar-refractivity contribution < 1.29 is 14.3 Å². The molecular weight excluding hydrogens is 270 g/mol. The first-order valence-corrected chi connectivity index (χ1v) is 6.73. The van der Waals surface area contributed by atoms with Gasteiger partial charge in [0.05, 0.1) is 13.2 Å². The van der Waals surface area contributed by atoms with Crippen molar-refractivity contribution >= 4 is 17.6 Å². The van der Waals surface area contributed by atoms with Crippen molar-refractivity contribution in [2.75, 3.05) is 25.1 Å². The number of methoxy groups -OCH3 is 1. The molecule has 1 aliphatic heterocycles. The van der Waals surface area contributed by atoms with Gasteiger partial charge in [0.2, 0.25) is 5.91 Å². The zero-order chi connectivity index (χ0) is 15.2. The fourth-order valence-corrected chi connectivity index (χ4v) is 2.22. The van der Waals surface area contributed by atoms with Gasteiger partial charge in [-0.15, -0.1) is 6.58 Å². The molecule has 1 aliphatic rings. The largest absolute Gasteiger partial charge is 0.497 e. The highest BCUT2D eigenvalue weighted by molar-refractivity contribution is 5.96. The number of nitrogens with zero attached hydrogens (tertiary/aromatic N) is 1. The first-order valence-electron chi connectivity index (χ1n) is 6.73. The first kappa shape index (κ1) is 14.9. The van der Waals surface area contributed by atoms with Gasteiger partial charge in [-0.05, 0) is 24.3 Å². The van der Waals surface area contributed by atoms with Crippen LogP contribution in [0.15, 0.2) is 36.9 Å². The third-order valence-corrected chi connectivity index (χ3v) is 3.25. The molecule has 1 aromatic rings. The summed E-state index contributed by atoms with van der Waals surface area (Å²) in [5.74, 6) is 0.734. The molecule has 112 valence electrons. The van der Waals surface area contributed by atoms with Crippen molar-refractivity contribution in [1.82, 2.24) is 10.6 Å². The fraction of sp³-hybridized carbons (Fsp3) is 0.333. The molecule has 6 nitrogen and oxygen atoms in total. The highest BCUT2D eigenvalue weighted by atomic mass is 16.5. The summed E-state index contributed by atoms with van der Waals surface area (Å²) in [5, 5.41) is 5.41. The average molecular weight is 289 g/mol. The third-order valence-electron chi connectivity index (χ3n) is 3.25. The molecule has 21 heavy (non-hydrogen) atoms. The van der Waals surface area contributed by atoms with E-state index in [4.69, 9.17) is 4.74 Å². The minimum atomic E-state index is -0.288. The number of urea groups is 1. The summed E-state index contributed by atoms with van der Waals surface area (Å²) in [4.78, 5) is 25.3. The highest BCUT2D eigenvalue weighted by Crippen LogP contribution is 2.24. The molecule has 6 heteroatoms. The summed E-state index contributed by atoms with van der Waals surface area (Å²) in [7, 11) is 1.60. The number of nitrogens with one attached hydrogen (secondary N) is 2. The molecule has 1 atom stereocenters. The number of carbonyl (C=O) groups is 2. The summed E-state index contributed by atoms with van der Waals surface area (Å²) in [6, 6.07) is 6.79. The lowest BCUT2D eigenvalue weighted by molar-refractivity contribution is -0.117. The first-order chi connectivity index (χ1) is 10.1. The number of amides is 3. The van der Waals surface area contributed by atoms with Crippen LogP contribution in [0.1, 0.15) is 6.42 Å². The molecule has 1 saturated heterocycles. The molecule has 3 amide bonds. The van der Waals surface area contributed by atoms with E-state index in [9.17, 15) is 9.59 Å². The Hall–Kier alpha value is -2.50. The van der Waals surface area contributed by atoms with Crippen molar-refractivity contribution in [3.8, 4) is 5.75 Å². The quantitative estimate of drug-likeness (QED) is 0.802. The molecule has 0 aliphatic carbocycles. The summed E-state index contributed by atoms with van der Waals surface area (Å²) in [6.45, 7) is 4.39. The van der Waals surface area contributed by atoms with Crippen LogP contribution in [-0.4, -0.2) is 38.2 Å². The summed E-state index contributed by atoms with van der Waals surface area (Å²) < 4.78 is 5.09. The molecule has 0 radical (unpaired) electrons. The van der Waals surface area contributed by atoms with E-state index in [1.807, 2.05) is 12.1 Å². The molecule has 2 N–H and O–H groups in total. The van der Waals surface area contributed by atoms with Crippen LogP contribution in [0.25, 0.3) is 0 Å². The van der Waals surface area contributed by atoms with Crippen LogP contribution in [0.4, 0.5) is 10.5 Å². The Morgan fingerprint density at radius 1 is 1.48 bits per heavy atom. The highest BCUT2D eigenvalue weighted by Gasteiger charge is 2.31. The van der Waals surface area contributed by atoms with E-state index in [1.165, 1.54) is 0 Å². The number of hydrogen-bond donors (Lipinski definition) is 2. The lowest BCUT2D eigenvalue weighted by Crippen LogP contribution is -2.43. The van der Waals surface area contributed by atoms with Crippen LogP contribution < -0.4 is 20.3 Å². The van der Waals surface area contributed by atoms with Crippen LogP contribution >= 0.6 is 0 Å². The van der Waals surface area contributed by atoms with Crippen LogP contribution in [0, 0.1) is 0 Å². The number of carbonyl (C=O) groups excluding carboxylic acids is 2. The van der Waals surface area contributed by atoms with Gasteiger partial charge >= 0.3 is 6.03 Å². The van der Waals surface area contributed by atoms with Gasteiger partial charge in [-0.25, -0.2) is 4.79 Å². The average Bonchev–Trinajstić information content (AvgIpc) is 2.85. The summed E-state index contributed by atoms with van der Waals surface area (Å²) in [6.07, 6.45) is 1.90. The number of rotatable bonds is 5. The molecule has 1 fully saturated rings. The molecular formula is C15H19N3O3. The Labute approximate surface area is 123 Å². The zero-order valence-electron chi connectivity index (χ0n) is 12.0. The topological polar surface area (TPSA) is 70.7 Å². The second kappa shape index (κ2) is 6.78. The Morgan fingerprint density at radius 2 is 2.19 bits per heavy atom. The minimum absolute atomic E-state index is 0.00538. The predicted octanol–water partition coefficient (Wildman–Crippen LogP) is 1.29. The smallest absolute Gasteiger partial charge is 0.315 e. The Morgan fingerprint density at radius 3 is 2.81 bits per heavy atom. The molecule has 0 spiro atoms. The minimum Gasteiger partial charge on any atom is -0.497 e. The Bertz CT molecular complexity index is 527. The van der Waals surface area contributed by atoms with Crippen LogP contribution in [0.5, 0.6) is 5.75 Å². The van der Waals surface area contributed by atoms with Gasteiger partial charge < -0.3 is 20.3 Å². The molecule has 0 saturated carbocycles. The molecule has 0 bridgehead atoms. The number of benzene rings is 1. The molecule has 1 heterocycles. The lowest BCUT2D eigenvalue weighted by Gasteiger charge is -2.17. The SMILES string of the molecule is C=CCNC(=O)NC1CC(=O)N(c2ccc(OC)cc2)C1. The maximum absolute atomic E-state index is 12.0. The molecule has 1 unspecified atom stereocenters. The fourth-order valence-electron chi connectivity index (χ4n) is 2.22. The predicted molar refractivity (Wildman–Crippen MR) is 80.5 cm³/mol. The molecule has 2 rings (SSSR count). The maximum Gasteiger partial charge on any atom is 0.315 e. The summed E-state index contributed by atoms with van der Waals surface area (Å²) >= 11 is 0. The van der Waals surface area contributed by atoms with Gasteiger partial charge in [0.15, 0.2) is 0 Å². The van der Waals surface area contributed by atoms with Gasteiger partial charge in [0.25, 0.3) is 0 Å². The van der Waals surface area contributed by atoms with Crippen LogP contribution in [-0.2, 0) is 4.79 Å². The Kier molecular flexibility index (Phi) is 4.81. The lowest BCUT2D eigenvalue weighted by atomic mass is 10.2. The van der Waals surface area contributed by atoms with E-state index >= 15 is 0 Å². The Balaban J connectivity index is 1.95. The third kappa shape index (κ3) is 3.75. The van der Waals surface area contributed by atoms with E-state index in [-0.39, 0.29) is 18.0 Å².